The monoisotopic (exact) mass is 268 g/mol. The number of hydrogen-bond donors (Lipinski definition) is 4. The molecule has 0 heterocycles. The molecule has 1 aromatic carbocycles. The molecule has 6 nitrogen and oxygen atoms in total. The van der Waals surface area contributed by atoms with Crippen LogP contribution >= 0.6 is 0 Å². The summed E-state index contributed by atoms with van der Waals surface area (Å²) in [5, 5.41) is 14.3. The van der Waals surface area contributed by atoms with Gasteiger partial charge < -0.3 is 22.0 Å². The summed E-state index contributed by atoms with van der Waals surface area (Å²) in [4.78, 5) is 10.5. The van der Waals surface area contributed by atoms with Crippen molar-refractivity contribution >= 4 is 11.7 Å². The highest BCUT2D eigenvalue weighted by Gasteiger charge is 2.10. The van der Waals surface area contributed by atoms with Crippen LogP contribution < -0.4 is 16.8 Å². The number of benzene rings is 1. The van der Waals surface area contributed by atoms with Gasteiger partial charge in [-0.15, -0.1) is 0 Å². The van der Waals surface area contributed by atoms with Gasteiger partial charge in [-0.3, -0.25) is 4.79 Å². The number of amides is 1. The molecule has 1 rings (SSSR count). The lowest BCUT2D eigenvalue weighted by atomic mass is 10.1. The van der Waals surface area contributed by atoms with E-state index in [9.17, 15) is 9.18 Å². The SMILES string of the molecule is NC(=O)CCCNCc1cccc(/C(N)=N/O)c1F. The van der Waals surface area contributed by atoms with Crippen molar-refractivity contribution in [3.63, 3.8) is 0 Å². The van der Waals surface area contributed by atoms with E-state index in [1.807, 2.05) is 0 Å². The third-order valence-corrected chi connectivity index (χ3v) is 2.55. The minimum Gasteiger partial charge on any atom is -0.409 e. The first kappa shape index (κ1) is 14.9. The zero-order valence-corrected chi connectivity index (χ0v) is 10.4. The van der Waals surface area contributed by atoms with Gasteiger partial charge in [0.05, 0.1) is 5.56 Å². The fourth-order valence-electron chi connectivity index (χ4n) is 1.58. The minimum absolute atomic E-state index is 0.0546. The molecule has 104 valence electrons. The highest BCUT2D eigenvalue weighted by Crippen LogP contribution is 2.12. The van der Waals surface area contributed by atoms with Gasteiger partial charge >= 0.3 is 0 Å². The van der Waals surface area contributed by atoms with E-state index in [-0.39, 0.29) is 23.9 Å². The maximum atomic E-state index is 14.0. The van der Waals surface area contributed by atoms with Gasteiger partial charge in [0.25, 0.3) is 0 Å². The van der Waals surface area contributed by atoms with Crippen molar-refractivity contribution in [3.05, 3.63) is 35.1 Å². The van der Waals surface area contributed by atoms with Gasteiger partial charge in [0, 0.05) is 18.5 Å². The van der Waals surface area contributed by atoms with Crippen LogP contribution in [0.1, 0.15) is 24.0 Å². The Balaban J connectivity index is 2.57. The minimum atomic E-state index is -0.528. The molecule has 0 aliphatic carbocycles. The first-order valence-corrected chi connectivity index (χ1v) is 5.80. The van der Waals surface area contributed by atoms with Gasteiger partial charge in [-0.1, -0.05) is 17.3 Å². The Hall–Kier alpha value is -2.15. The molecule has 0 saturated carbocycles. The highest BCUT2D eigenvalue weighted by molar-refractivity contribution is 5.97. The molecule has 0 spiro atoms. The number of carbonyl (C=O) groups excluding carboxylic acids is 1. The number of halogens is 1. The summed E-state index contributed by atoms with van der Waals surface area (Å²) in [6.45, 7) is 0.841. The van der Waals surface area contributed by atoms with Crippen molar-refractivity contribution in [1.29, 1.82) is 0 Å². The van der Waals surface area contributed by atoms with Crippen LogP contribution in [0.5, 0.6) is 0 Å². The van der Waals surface area contributed by atoms with Crippen LogP contribution in [0.25, 0.3) is 0 Å². The third kappa shape index (κ3) is 4.55. The Morgan fingerprint density at radius 1 is 1.42 bits per heavy atom. The lowest BCUT2D eigenvalue weighted by Crippen LogP contribution is -2.20. The molecule has 7 heteroatoms. The summed E-state index contributed by atoms with van der Waals surface area (Å²) in [5.41, 5.74) is 10.8. The van der Waals surface area contributed by atoms with E-state index in [2.05, 4.69) is 10.5 Å². The number of rotatable bonds is 7. The van der Waals surface area contributed by atoms with Crippen LogP contribution in [0.4, 0.5) is 4.39 Å². The molecule has 0 saturated heterocycles. The summed E-state index contributed by atoms with van der Waals surface area (Å²) < 4.78 is 14.0. The van der Waals surface area contributed by atoms with E-state index in [1.165, 1.54) is 6.07 Å². The molecule has 1 aromatic rings. The van der Waals surface area contributed by atoms with Crippen LogP contribution in [0.2, 0.25) is 0 Å². The Morgan fingerprint density at radius 2 is 2.16 bits per heavy atom. The Kier molecular flexibility index (Phi) is 5.74. The van der Waals surface area contributed by atoms with Gasteiger partial charge in [-0.05, 0) is 19.0 Å². The second-order valence-electron chi connectivity index (χ2n) is 4.01. The first-order chi connectivity index (χ1) is 9.06. The summed E-state index contributed by atoms with van der Waals surface area (Å²) >= 11 is 0. The standard InChI is InChI=1S/C12H17FN4O2/c13-11-8(7-16-6-2-5-10(14)18)3-1-4-9(11)12(15)17-19/h1,3-4,16,19H,2,5-7H2,(H2,14,18)(H2,15,17). The molecule has 0 atom stereocenters. The number of hydrogen-bond acceptors (Lipinski definition) is 4. The van der Waals surface area contributed by atoms with Crippen molar-refractivity contribution in [1.82, 2.24) is 5.32 Å². The number of oxime groups is 1. The van der Waals surface area contributed by atoms with Crippen molar-refractivity contribution in [2.45, 2.75) is 19.4 Å². The Labute approximate surface area is 110 Å². The molecular weight excluding hydrogens is 251 g/mol. The number of nitrogens with one attached hydrogen (secondary N) is 1. The highest BCUT2D eigenvalue weighted by atomic mass is 19.1. The number of primary amides is 1. The third-order valence-electron chi connectivity index (χ3n) is 2.55. The molecular formula is C12H17FN4O2. The maximum absolute atomic E-state index is 14.0. The molecule has 19 heavy (non-hydrogen) atoms. The summed E-state index contributed by atoms with van der Waals surface area (Å²) in [6.07, 6.45) is 0.885. The maximum Gasteiger partial charge on any atom is 0.217 e. The van der Waals surface area contributed by atoms with Crippen LogP contribution in [0, 0.1) is 5.82 Å². The van der Waals surface area contributed by atoms with E-state index >= 15 is 0 Å². The largest absolute Gasteiger partial charge is 0.409 e. The number of nitrogens with two attached hydrogens (primary N) is 2. The average molecular weight is 268 g/mol. The zero-order chi connectivity index (χ0) is 14.3. The second kappa shape index (κ2) is 7.32. The van der Waals surface area contributed by atoms with Crippen molar-refractivity contribution in [3.8, 4) is 0 Å². The molecule has 0 aromatic heterocycles. The predicted octanol–water partition coefficient (Wildman–Crippen LogP) is 0.275. The topological polar surface area (TPSA) is 114 Å². The molecule has 0 bridgehead atoms. The van der Waals surface area contributed by atoms with E-state index in [0.717, 1.165) is 0 Å². The lowest BCUT2D eigenvalue weighted by Gasteiger charge is -2.08. The van der Waals surface area contributed by atoms with E-state index in [4.69, 9.17) is 16.7 Å². The van der Waals surface area contributed by atoms with Gasteiger partial charge in [-0.2, -0.15) is 0 Å². The van der Waals surface area contributed by atoms with Crippen LogP contribution in [-0.2, 0) is 11.3 Å². The summed E-state index contributed by atoms with van der Waals surface area (Å²) in [5.74, 6) is -1.16. The van der Waals surface area contributed by atoms with Crippen LogP contribution in [-0.4, -0.2) is 23.5 Å². The van der Waals surface area contributed by atoms with Crippen LogP contribution in [0.3, 0.4) is 0 Å². The normalized spacial score (nSPS) is 11.5. The van der Waals surface area contributed by atoms with E-state index < -0.39 is 5.82 Å². The van der Waals surface area contributed by atoms with Crippen molar-refractivity contribution in [2.75, 3.05) is 6.54 Å². The zero-order valence-electron chi connectivity index (χ0n) is 10.4. The smallest absolute Gasteiger partial charge is 0.217 e. The molecule has 0 aliphatic heterocycles. The first-order valence-electron chi connectivity index (χ1n) is 5.80. The number of nitrogens with zero attached hydrogens (tertiary/aromatic N) is 1. The van der Waals surface area contributed by atoms with Gasteiger partial charge in [0.1, 0.15) is 5.82 Å². The van der Waals surface area contributed by atoms with E-state index in [0.29, 0.717) is 24.9 Å². The van der Waals surface area contributed by atoms with Gasteiger partial charge in [-0.25, -0.2) is 4.39 Å². The molecule has 1 amide bonds. The number of carbonyl (C=O) groups is 1. The van der Waals surface area contributed by atoms with Crippen molar-refractivity contribution in [2.24, 2.45) is 16.6 Å². The van der Waals surface area contributed by atoms with Crippen LogP contribution in [0.15, 0.2) is 23.4 Å². The second-order valence-corrected chi connectivity index (χ2v) is 4.01. The van der Waals surface area contributed by atoms with E-state index in [1.54, 1.807) is 12.1 Å². The number of amidine groups is 1. The van der Waals surface area contributed by atoms with Gasteiger partial charge in [0.15, 0.2) is 5.84 Å². The van der Waals surface area contributed by atoms with Crippen molar-refractivity contribution < 1.29 is 14.4 Å². The molecule has 0 aliphatic rings. The Morgan fingerprint density at radius 3 is 2.79 bits per heavy atom. The molecule has 0 radical (unpaired) electrons. The summed E-state index contributed by atoms with van der Waals surface area (Å²) in [6, 6.07) is 4.66. The molecule has 0 unspecified atom stereocenters. The average Bonchev–Trinajstić information content (AvgIpc) is 2.39. The fraction of sp³-hybridized carbons (Fsp3) is 0.333. The molecule has 0 fully saturated rings. The lowest BCUT2D eigenvalue weighted by molar-refractivity contribution is -0.118. The quantitative estimate of drug-likeness (QED) is 0.187. The fourth-order valence-corrected chi connectivity index (χ4v) is 1.58. The van der Waals surface area contributed by atoms with Gasteiger partial charge in [0.2, 0.25) is 5.91 Å². The Bertz CT molecular complexity index is 477. The molecule has 6 N–H and O–H groups in total. The predicted molar refractivity (Wildman–Crippen MR) is 69.0 cm³/mol. The summed E-state index contributed by atoms with van der Waals surface area (Å²) in [7, 11) is 0.